The molecule has 2 N–H and O–H groups in total. The Labute approximate surface area is 172 Å². The second-order valence-electron chi connectivity index (χ2n) is 6.91. The van der Waals surface area contributed by atoms with Gasteiger partial charge < -0.3 is 20.1 Å². The van der Waals surface area contributed by atoms with Gasteiger partial charge in [0, 0.05) is 6.54 Å². The number of hydrogen-bond acceptors (Lipinski definition) is 4. The summed E-state index contributed by atoms with van der Waals surface area (Å²) >= 11 is 5.22. The average Bonchev–Trinajstić information content (AvgIpc) is 2.67. The van der Waals surface area contributed by atoms with E-state index in [4.69, 9.17) is 21.7 Å². The van der Waals surface area contributed by atoms with Gasteiger partial charge in [0.1, 0.15) is 0 Å². The fourth-order valence-corrected chi connectivity index (χ4v) is 2.71. The van der Waals surface area contributed by atoms with Gasteiger partial charge in [0.05, 0.1) is 20.1 Å². The molecular weight excluding hydrogens is 372 g/mol. The zero-order valence-corrected chi connectivity index (χ0v) is 17.5. The molecule has 150 valence electrons. The monoisotopic (exact) mass is 400 g/mol. The minimum absolute atomic E-state index is 0.143. The number of carbonyl (C=O) groups excluding carboxylic acids is 1. The molecule has 0 atom stereocenters. The highest BCUT2D eigenvalue weighted by molar-refractivity contribution is 7.80. The molecule has 0 aliphatic rings. The van der Waals surface area contributed by atoms with E-state index >= 15 is 0 Å². The van der Waals surface area contributed by atoms with E-state index in [2.05, 4.69) is 24.5 Å². The van der Waals surface area contributed by atoms with Crippen LogP contribution in [0.15, 0.2) is 48.5 Å². The molecule has 1 amide bonds. The topological polar surface area (TPSA) is 59.6 Å². The van der Waals surface area contributed by atoms with Crippen LogP contribution in [-0.2, 0) is 17.8 Å². The highest BCUT2D eigenvalue weighted by atomic mass is 32.1. The summed E-state index contributed by atoms with van der Waals surface area (Å²) in [5, 5.41) is 6.05. The maximum Gasteiger partial charge on any atom is 0.230 e. The predicted molar refractivity (Wildman–Crippen MR) is 116 cm³/mol. The molecule has 2 aromatic rings. The molecule has 0 bridgehead atoms. The van der Waals surface area contributed by atoms with Crippen molar-refractivity contribution in [3.05, 3.63) is 59.7 Å². The number of ether oxygens (including phenoxy) is 2. The summed E-state index contributed by atoms with van der Waals surface area (Å²) in [6.45, 7) is 5.46. The van der Waals surface area contributed by atoms with Crippen LogP contribution in [0.25, 0.3) is 0 Å². The summed E-state index contributed by atoms with van der Waals surface area (Å²) in [7, 11) is 1.62. The van der Waals surface area contributed by atoms with Crippen LogP contribution in [0, 0.1) is 5.92 Å². The molecule has 0 heterocycles. The molecule has 28 heavy (non-hydrogen) atoms. The van der Waals surface area contributed by atoms with Gasteiger partial charge in [-0.05, 0) is 47.8 Å². The Balaban J connectivity index is 1.82. The number of rotatable bonds is 9. The van der Waals surface area contributed by atoms with Crippen molar-refractivity contribution < 1.29 is 14.3 Å². The number of carbonyl (C=O) groups is 1. The SMILES string of the molecule is COc1cc(CNC(=S)NC(=O)Cc2ccccc2)ccc1OCCC(C)C. The Kier molecular flexibility index (Phi) is 8.75. The standard InChI is InChI=1S/C22H28N2O3S/c1-16(2)11-12-27-19-10-9-18(13-20(19)26-3)15-23-22(28)24-21(25)14-17-7-5-4-6-8-17/h4-10,13,16H,11-12,14-15H2,1-3H3,(H2,23,24,25,28). The summed E-state index contributed by atoms with van der Waals surface area (Å²) in [6.07, 6.45) is 1.28. The lowest BCUT2D eigenvalue weighted by molar-refractivity contribution is -0.119. The minimum Gasteiger partial charge on any atom is -0.493 e. The molecule has 0 aromatic heterocycles. The first-order valence-corrected chi connectivity index (χ1v) is 9.80. The third-order valence-electron chi connectivity index (χ3n) is 4.09. The Morgan fingerprint density at radius 3 is 2.50 bits per heavy atom. The van der Waals surface area contributed by atoms with Crippen molar-refractivity contribution in [1.82, 2.24) is 10.6 Å². The van der Waals surface area contributed by atoms with E-state index in [1.807, 2.05) is 48.5 Å². The van der Waals surface area contributed by atoms with Crippen molar-refractivity contribution >= 4 is 23.2 Å². The van der Waals surface area contributed by atoms with Crippen molar-refractivity contribution in [3.8, 4) is 11.5 Å². The lowest BCUT2D eigenvalue weighted by Crippen LogP contribution is -2.39. The van der Waals surface area contributed by atoms with E-state index in [0.717, 1.165) is 23.3 Å². The Hall–Kier alpha value is -2.60. The number of nitrogens with one attached hydrogen (secondary N) is 2. The quantitative estimate of drug-likeness (QED) is 0.626. The first kappa shape index (κ1) is 21.7. The van der Waals surface area contributed by atoms with E-state index in [9.17, 15) is 4.79 Å². The van der Waals surface area contributed by atoms with Gasteiger partial charge in [0.25, 0.3) is 0 Å². The highest BCUT2D eigenvalue weighted by Gasteiger charge is 2.08. The summed E-state index contributed by atoms with van der Waals surface area (Å²) in [5.74, 6) is 1.86. The summed E-state index contributed by atoms with van der Waals surface area (Å²) in [5.41, 5.74) is 1.92. The molecule has 0 spiro atoms. The van der Waals surface area contributed by atoms with Crippen molar-refractivity contribution in [3.63, 3.8) is 0 Å². The van der Waals surface area contributed by atoms with E-state index in [0.29, 0.717) is 36.4 Å². The largest absolute Gasteiger partial charge is 0.493 e. The van der Waals surface area contributed by atoms with Crippen LogP contribution in [0.5, 0.6) is 11.5 Å². The number of methoxy groups -OCH3 is 1. The molecule has 2 aromatic carbocycles. The van der Waals surface area contributed by atoms with Gasteiger partial charge in [-0.2, -0.15) is 0 Å². The molecule has 2 rings (SSSR count). The van der Waals surface area contributed by atoms with Crippen LogP contribution in [0.1, 0.15) is 31.4 Å². The Morgan fingerprint density at radius 1 is 1.07 bits per heavy atom. The van der Waals surface area contributed by atoms with Crippen LogP contribution in [-0.4, -0.2) is 24.7 Å². The molecule has 0 radical (unpaired) electrons. The van der Waals surface area contributed by atoms with Crippen LogP contribution >= 0.6 is 12.2 Å². The maximum atomic E-state index is 12.1. The van der Waals surface area contributed by atoms with E-state index in [1.54, 1.807) is 7.11 Å². The minimum atomic E-state index is -0.143. The maximum absolute atomic E-state index is 12.1. The van der Waals surface area contributed by atoms with Crippen molar-refractivity contribution in [2.45, 2.75) is 33.2 Å². The fraction of sp³-hybridized carbons (Fsp3) is 0.364. The van der Waals surface area contributed by atoms with E-state index < -0.39 is 0 Å². The number of benzene rings is 2. The second kappa shape index (κ2) is 11.3. The van der Waals surface area contributed by atoms with Crippen molar-refractivity contribution in [1.29, 1.82) is 0 Å². The summed E-state index contributed by atoms with van der Waals surface area (Å²) in [4.78, 5) is 12.1. The number of thiocarbonyl (C=S) groups is 1. The van der Waals surface area contributed by atoms with Gasteiger partial charge in [-0.15, -0.1) is 0 Å². The molecule has 6 heteroatoms. The average molecular weight is 401 g/mol. The number of amides is 1. The van der Waals surface area contributed by atoms with Gasteiger partial charge in [-0.3, -0.25) is 4.79 Å². The lowest BCUT2D eigenvalue weighted by atomic mass is 10.1. The number of hydrogen-bond donors (Lipinski definition) is 2. The van der Waals surface area contributed by atoms with Gasteiger partial charge in [0.2, 0.25) is 5.91 Å². The smallest absolute Gasteiger partial charge is 0.230 e. The summed E-state index contributed by atoms with van der Waals surface area (Å²) < 4.78 is 11.2. The summed E-state index contributed by atoms with van der Waals surface area (Å²) in [6, 6.07) is 15.3. The zero-order chi connectivity index (χ0) is 20.4. The zero-order valence-electron chi connectivity index (χ0n) is 16.7. The van der Waals surface area contributed by atoms with Gasteiger partial charge in [-0.1, -0.05) is 50.2 Å². The predicted octanol–water partition coefficient (Wildman–Crippen LogP) is 3.85. The second-order valence-corrected chi connectivity index (χ2v) is 7.32. The Morgan fingerprint density at radius 2 is 1.82 bits per heavy atom. The molecule has 0 saturated heterocycles. The molecule has 0 aliphatic carbocycles. The van der Waals surface area contributed by atoms with Crippen LogP contribution in [0.4, 0.5) is 0 Å². The van der Waals surface area contributed by atoms with Crippen molar-refractivity contribution in [2.75, 3.05) is 13.7 Å². The molecular formula is C22H28N2O3S. The van der Waals surface area contributed by atoms with Crippen LogP contribution in [0.3, 0.4) is 0 Å². The van der Waals surface area contributed by atoms with Crippen molar-refractivity contribution in [2.24, 2.45) is 5.92 Å². The first-order chi connectivity index (χ1) is 13.5. The first-order valence-electron chi connectivity index (χ1n) is 9.39. The molecule has 5 nitrogen and oxygen atoms in total. The van der Waals surface area contributed by atoms with Crippen LogP contribution < -0.4 is 20.1 Å². The third-order valence-corrected chi connectivity index (χ3v) is 4.34. The fourth-order valence-electron chi connectivity index (χ4n) is 2.52. The van der Waals surface area contributed by atoms with Crippen LogP contribution in [0.2, 0.25) is 0 Å². The molecule has 0 saturated carbocycles. The molecule has 0 fully saturated rings. The van der Waals surface area contributed by atoms with E-state index in [1.165, 1.54) is 0 Å². The van der Waals surface area contributed by atoms with Gasteiger partial charge in [-0.25, -0.2) is 0 Å². The molecule has 0 aliphatic heterocycles. The van der Waals surface area contributed by atoms with Gasteiger partial charge >= 0.3 is 0 Å². The van der Waals surface area contributed by atoms with E-state index in [-0.39, 0.29) is 5.91 Å². The normalized spacial score (nSPS) is 10.4. The molecule has 0 unspecified atom stereocenters. The van der Waals surface area contributed by atoms with Gasteiger partial charge in [0.15, 0.2) is 16.6 Å². The highest BCUT2D eigenvalue weighted by Crippen LogP contribution is 2.28. The third kappa shape index (κ3) is 7.56. The Bertz CT molecular complexity index is 779. The lowest BCUT2D eigenvalue weighted by Gasteiger charge is -2.14.